The standard InChI is InChI=1S/C8H10F3N3/c9-8(10,11)7-5(3-12)4-14(13-7)6-1-2-6/h4,6H,1-3,12H2. The van der Waals surface area contributed by atoms with Gasteiger partial charge in [-0.25, -0.2) is 0 Å². The monoisotopic (exact) mass is 205 g/mol. The van der Waals surface area contributed by atoms with E-state index < -0.39 is 11.9 Å². The molecule has 0 saturated heterocycles. The van der Waals surface area contributed by atoms with Crippen molar-refractivity contribution in [2.45, 2.75) is 31.6 Å². The zero-order valence-electron chi connectivity index (χ0n) is 7.38. The van der Waals surface area contributed by atoms with Crippen LogP contribution in [0, 0.1) is 0 Å². The molecule has 1 heterocycles. The smallest absolute Gasteiger partial charge is 0.326 e. The molecule has 0 atom stereocenters. The third-order valence-corrected chi connectivity index (χ3v) is 2.22. The van der Waals surface area contributed by atoms with Crippen molar-refractivity contribution in [1.82, 2.24) is 9.78 Å². The van der Waals surface area contributed by atoms with Gasteiger partial charge in [-0.15, -0.1) is 0 Å². The van der Waals surface area contributed by atoms with Crippen molar-refractivity contribution in [1.29, 1.82) is 0 Å². The predicted molar refractivity (Wildman–Crippen MR) is 43.4 cm³/mol. The van der Waals surface area contributed by atoms with Crippen molar-refractivity contribution in [3.8, 4) is 0 Å². The third kappa shape index (κ3) is 1.61. The van der Waals surface area contributed by atoms with Crippen LogP contribution >= 0.6 is 0 Å². The van der Waals surface area contributed by atoms with Crippen LogP contribution in [0.25, 0.3) is 0 Å². The SMILES string of the molecule is NCc1cn(C2CC2)nc1C(F)(F)F. The van der Waals surface area contributed by atoms with Gasteiger partial charge in [0.15, 0.2) is 5.69 Å². The summed E-state index contributed by atoms with van der Waals surface area (Å²) in [6.45, 7) is -0.123. The summed E-state index contributed by atoms with van der Waals surface area (Å²) in [4.78, 5) is 0. The van der Waals surface area contributed by atoms with E-state index in [4.69, 9.17) is 5.73 Å². The number of nitrogens with two attached hydrogens (primary N) is 1. The minimum atomic E-state index is -4.39. The molecule has 0 amide bonds. The topological polar surface area (TPSA) is 43.8 Å². The van der Waals surface area contributed by atoms with Crippen LogP contribution in [0.5, 0.6) is 0 Å². The van der Waals surface area contributed by atoms with Gasteiger partial charge in [0.25, 0.3) is 0 Å². The molecule has 14 heavy (non-hydrogen) atoms. The van der Waals surface area contributed by atoms with Crippen molar-refractivity contribution in [3.05, 3.63) is 17.5 Å². The lowest BCUT2D eigenvalue weighted by Gasteiger charge is -2.03. The highest BCUT2D eigenvalue weighted by molar-refractivity contribution is 5.20. The number of halogens is 3. The molecular formula is C8H10F3N3. The van der Waals surface area contributed by atoms with Gasteiger partial charge in [0.05, 0.1) is 6.04 Å². The lowest BCUT2D eigenvalue weighted by Crippen LogP contribution is -2.11. The lowest BCUT2D eigenvalue weighted by atomic mass is 10.2. The summed E-state index contributed by atoms with van der Waals surface area (Å²) in [7, 11) is 0. The van der Waals surface area contributed by atoms with Crippen LogP contribution in [0.15, 0.2) is 6.20 Å². The molecule has 1 aliphatic carbocycles. The van der Waals surface area contributed by atoms with Gasteiger partial charge >= 0.3 is 6.18 Å². The maximum atomic E-state index is 12.4. The van der Waals surface area contributed by atoms with E-state index in [1.807, 2.05) is 0 Å². The molecule has 1 aromatic heterocycles. The molecule has 2 N–H and O–H groups in total. The summed E-state index contributed by atoms with van der Waals surface area (Å²) in [5.74, 6) is 0. The Hall–Kier alpha value is -1.04. The first kappa shape index (κ1) is 9.51. The minimum absolute atomic E-state index is 0.0735. The van der Waals surface area contributed by atoms with E-state index >= 15 is 0 Å². The van der Waals surface area contributed by atoms with Gasteiger partial charge in [-0.05, 0) is 12.8 Å². The fourth-order valence-electron chi connectivity index (χ4n) is 1.34. The van der Waals surface area contributed by atoms with E-state index in [1.165, 1.54) is 10.9 Å². The molecule has 0 bridgehead atoms. The third-order valence-electron chi connectivity index (χ3n) is 2.22. The quantitative estimate of drug-likeness (QED) is 0.798. The molecule has 6 heteroatoms. The Morgan fingerprint density at radius 3 is 2.50 bits per heavy atom. The normalized spacial score (nSPS) is 17.4. The number of rotatable bonds is 2. The Morgan fingerprint density at radius 1 is 1.50 bits per heavy atom. The first-order valence-corrected chi connectivity index (χ1v) is 4.37. The molecule has 1 aliphatic rings. The van der Waals surface area contributed by atoms with E-state index in [0.717, 1.165) is 12.8 Å². The van der Waals surface area contributed by atoms with Gasteiger partial charge in [0.1, 0.15) is 0 Å². The second kappa shape index (κ2) is 2.98. The van der Waals surface area contributed by atoms with Crippen molar-refractivity contribution in [3.63, 3.8) is 0 Å². The van der Waals surface area contributed by atoms with Gasteiger partial charge in [-0.3, -0.25) is 4.68 Å². The summed E-state index contributed by atoms with van der Waals surface area (Å²) >= 11 is 0. The summed E-state index contributed by atoms with van der Waals surface area (Å²) in [6, 6.07) is 0.149. The Balaban J connectivity index is 2.37. The largest absolute Gasteiger partial charge is 0.435 e. The molecule has 0 aliphatic heterocycles. The molecule has 0 radical (unpaired) electrons. The van der Waals surface area contributed by atoms with E-state index in [0.29, 0.717) is 0 Å². The molecule has 3 nitrogen and oxygen atoms in total. The number of hydrogen-bond acceptors (Lipinski definition) is 2. The Labute approximate surface area is 78.7 Å². The molecule has 0 unspecified atom stereocenters. The molecule has 1 fully saturated rings. The second-order valence-electron chi connectivity index (χ2n) is 3.42. The van der Waals surface area contributed by atoms with Crippen molar-refractivity contribution in [2.75, 3.05) is 0 Å². The molecule has 0 aromatic carbocycles. The van der Waals surface area contributed by atoms with Crippen LogP contribution < -0.4 is 5.73 Å². The predicted octanol–water partition coefficient (Wildman–Crippen LogP) is 1.70. The molecular weight excluding hydrogens is 195 g/mol. The van der Waals surface area contributed by atoms with E-state index in [-0.39, 0.29) is 18.2 Å². The van der Waals surface area contributed by atoms with E-state index in [9.17, 15) is 13.2 Å². The molecule has 2 rings (SSSR count). The first-order valence-electron chi connectivity index (χ1n) is 4.37. The Kier molecular flexibility index (Phi) is 2.02. The maximum absolute atomic E-state index is 12.4. The number of hydrogen-bond donors (Lipinski definition) is 1. The zero-order chi connectivity index (χ0) is 10.3. The Morgan fingerprint density at radius 2 is 2.14 bits per heavy atom. The number of aromatic nitrogens is 2. The number of alkyl halides is 3. The highest BCUT2D eigenvalue weighted by Gasteiger charge is 2.38. The summed E-state index contributed by atoms with van der Waals surface area (Å²) in [5, 5.41) is 3.53. The maximum Gasteiger partial charge on any atom is 0.435 e. The lowest BCUT2D eigenvalue weighted by molar-refractivity contribution is -0.142. The molecule has 0 spiro atoms. The van der Waals surface area contributed by atoms with Crippen LogP contribution in [-0.2, 0) is 12.7 Å². The zero-order valence-corrected chi connectivity index (χ0v) is 7.38. The average Bonchev–Trinajstić information content (AvgIpc) is 2.83. The van der Waals surface area contributed by atoms with E-state index in [2.05, 4.69) is 5.10 Å². The van der Waals surface area contributed by atoms with Gasteiger partial charge in [0, 0.05) is 18.3 Å². The second-order valence-corrected chi connectivity index (χ2v) is 3.42. The first-order chi connectivity index (χ1) is 6.52. The van der Waals surface area contributed by atoms with Crippen molar-refractivity contribution in [2.24, 2.45) is 5.73 Å². The summed E-state index contributed by atoms with van der Waals surface area (Å²) in [6.07, 6.45) is -1.18. The summed E-state index contributed by atoms with van der Waals surface area (Å²) < 4.78 is 38.6. The van der Waals surface area contributed by atoms with Crippen LogP contribution in [0.2, 0.25) is 0 Å². The van der Waals surface area contributed by atoms with Gasteiger partial charge < -0.3 is 5.73 Å². The van der Waals surface area contributed by atoms with Crippen molar-refractivity contribution < 1.29 is 13.2 Å². The highest BCUT2D eigenvalue weighted by Crippen LogP contribution is 2.37. The minimum Gasteiger partial charge on any atom is -0.326 e. The Bertz CT molecular complexity index is 338. The average molecular weight is 205 g/mol. The molecule has 1 saturated carbocycles. The van der Waals surface area contributed by atoms with Crippen LogP contribution in [0.4, 0.5) is 13.2 Å². The van der Waals surface area contributed by atoms with Gasteiger partial charge in [0.2, 0.25) is 0 Å². The van der Waals surface area contributed by atoms with E-state index in [1.54, 1.807) is 0 Å². The van der Waals surface area contributed by atoms with Crippen LogP contribution in [-0.4, -0.2) is 9.78 Å². The fourth-order valence-corrected chi connectivity index (χ4v) is 1.34. The molecule has 78 valence electrons. The van der Waals surface area contributed by atoms with Crippen LogP contribution in [0.3, 0.4) is 0 Å². The highest BCUT2D eigenvalue weighted by atomic mass is 19.4. The summed E-state index contributed by atoms with van der Waals surface area (Å²) in [5.41, 5.74) is 4.46. The van der Waals surface area contributed by atoms with Crippen LogP contribution in [0.1, 0.15) is 30.1 Å². The number of nitrogens with zero attached hydrogens (tertiary/aromatic N) is 2. The van der Waals surface area contributed by atoms with Gasteiger partial charge in [-0.1, -0.05) is 0 Å². The fraction of sp³-hybridized carbons (Fsp3) is 0.625. The molecule has 1 aromatic rings. The van der Waals surface area contributed by atoms with Crippen molar-refractivity contribution >= 4 is 0 Å². The van der Waals surface area contributed by atoms with Gasteiger partial charge in [-0.2, -0.15) is 18.3 Å².